The van der Waals surface area contributed by atoms with E-state index in [0.29, 0.717) is 10.6 Å². The summed E-state index contributed by atoms with van der Waals surface area (Å²) in [6, 6.07) is 12.2. The van der Waals surface area contributed by atoms with Crippen molar-refractivity contribution in [3.63, 3.8) is 0 Å². The molecule has 2 N–H and O–H groups in total. The molecule has 0 spiro atoms. The van der Waals surface area contributed by atoms with Gasteiger partial charge in [0.25, 0.3) is 11.8 Å². The third-order valence-corrected chi connectivity index (χ3v) is 5.16. The fourth-order valence-electron chi connectivity index (χ4n) is 3.05. The van der Waals surface area contributed by atoms with Crippen LogP contribution in [0.25, 0.3) is 17.4 Å². The normalized spacial score (nSPS) is 15.2. The minimum absolute atomic E-state index is 0.0136. The van der Waals surface area contributed by atoms with Crippen molar-refractivity contribution in [3.05, 3.63) is 81.5 Å². The fraction of sp³-hybridized carbons (Fsp3) is 0. The van der Waals surface area contributed by atoms with Gasteiger partial charge in [-0.1, -0.05) is 23.2 Å². The number of carboxylic acid groups (broad SMARTS) is 1. The molecule has 1 aromatic heterocycles. The van der Waals surface area contributed by atoms with Crippen LogP contribution in [0.3, 0.4) is 0 Å². The van der Waals surface area contributed by atoms with Gasteiger partial charge in [-0.05, 0) is 60.7 Å². The molecular formula is C22H12Cl2N2O6. The molecule has 160 valence electrons. The van der Waals surface area contributed by atoms with Gasteiger partial charge >= 0.3 is 12.0 Å². The van der Waals surface area contributed by atoms with Gasteiger partial charge in [0.05, 0.1) is 16.3 Å². The molecule has 0 saturated carbocycles. The molecule has 1 aliphatic rings. The van der Waals surface area contributed by atoms with Crippen molar-refractivity contribution in [1.82, 2.24) is 5.32 Å². The van der Waals surface area contributed by atoms with Crippen LogP contribution in [0.15, 0.2) is 64.6 Å². The molecule has 0 aliphatic carbocycles. The summed E-state index contributed by atoms with van der Waals surface area (Å²) in [7, 11) is 0. The van der Waals surface area contributed by atoms with E-state index in [-0.39, 0.29) is 33.4 Å². The number of carbonyl (C=O) groups is 4. The maximum Gasteiger partial charge on any atom is 0.335 e. The molecule has 0 unspecified atom stereocenters. The molecule has 4 amide bonds. The fourth-order valence-corrected chi connectivity index (χ4v) is 3.38. The highest BCUT2D eigenvalue weighted by Crippen LogP contribution is 2.31. The Morgan fingerprint density at radius 1 is 1.00 bits per heavy atom. The lowest BCUT2D eigenvalue weighted by Crippen LogP contribution is -2.54. The second kappa shape index (κ2) is 8.33. The van der Waals surface area contributed by atoms with Gasteiger partial charge in [-0.3, -0.25) is 14.9 Å². The number of imide groups is 2. The lowest BCUT2D eigenvalue weighted by Gasteiger charge is -2.26. The number of nitrogens with one attached hydrogen (secondary N) is 1. The zero-order chi connectivity index (χ0) is 23.0. The maximum absolute atomic E-state index is 12.9. The van der Waals surface area contributed by atoms with Crippen LogP contribution in [-0.4, -0.2) is 28.9 Å². The lowest BCUT2D eigenvalue weighted by molar-refractivity contribution is -0.122. The van der Waals surface area contributed by atoms with Gasteiger partial charge in [-0.2, -0.15) is 0 Å². The van der Waals surface area contributed by atoms with Crippen molar-refractivity contribution >= 4 is 58.8 Å². The van der Waals surface area contributed by atoms with Crippen LogP contribution >= 0.6 is 23.2 Å². The van der Waals surface area contributed by atoms with Gasteiger partial charge in [0.15, 0.2) is 0 Å². The molecule has 1 aliphatic heterocycles. The topological polar surface area (TPSA) is 117 Å². The predicted molar refractivity (Wildman–Crippen MR) is 117 cm³/mol. The average molecular weight is 471 g/mol. The highest BCUT2D eigenvalue weighted by Gasteiger charge is 2.37. The van der Waals surface area contributed by atoms with E-state index in [1.807, 2.05) is 0 Å². The summed E-state index contributed by atoms with van der Waals surface area (Å²) >= 11 is 12.0. The van der Waals surface area contributed by atoms with Crippen LogP contribution in [0, 0.1) is 0 Å². The molecule has 0 atom stereocenters. The number of nitrogens with zero attached hydrogens (tertiary/aromatic N) is 1. The molecule has 32 heavy (non-hydrogen) atoms. The van der Waals surface area contributed by atoms with Crippen molar-refractivity contribution < 1.29 is 28.7 Å². The number of urea groups is 1. The van der Waals surface area contributed by atoms with Crippen molar-refractivity contribution in [2.45, 2.75) is 0 Å². The summed E-state index contributed by atoms with van der Waals surface area (Å²) in [5.41, 5.74) is 0.242. The molecule has 1 fully saturated rings. The second-order valence-corrected chi connectivity index (χ2v) is 7.48. The third-order valence-electron chi connectivity index (χ3n) is 4.58. The van der Waals surface area contributed by atoms with E-state index in [2.05, 4.69) is 5.32 Å². The van der Waals surface area contributed by atoms with E-state index in [9.17, 15) is 24.3 Å². The van der Waals surface area contributed by atoms with E-state index in [0.717, 1.165) is 4.90 Å². The summed E-state index contributed by atoms with van der Waals surface area (Å²) in [6.07, 6.45) is 1.19. The number of benzene rings is 2. The monoisotopic (exact) mass is 470 g/mol. The predicted octanol–water partition coefficient (Wildman–Crippen LogP) is 4.62. The van der Waals surface area contributed by atoms with Crippen molar-refractivity contribution in [1.29, 1.82) is 0 Å². The number of carboxylic acids is 1. The molecule has 2 heterocycles. The molecular weight excluding hydrogens is 459 g/mol. The Kier molecular flexibility index (Phi) is 5.56. The lowest BCUT2D eigenvalue weighted by atomic mass is 10.1. The summed E-state index contributed by atoms with van der Waals surface area (Å²) in [6.45, 7) is 0. The minimum Gasteiger partial charge on any atom is -0.478 e. The van der Waals surface area contributed by atoms with Crippen LogP contribution in [0.1, 0.15) is 16.1 Å². The van der Waals surface area contributed by atoms with E-state index in [4.69, 9.17) is 27.6 Å². The summed E-state index contributed by atoms with van der Waals surface area (Å²) in [5.74, 6) is -2.49. The summed E-state index contributed by atoms with van der Waals surface area (Å²) < 4.78 is 5.66. The van der Waals surface area contributed by atoms with Gasteiger partial charge in [-0.15, -0.1) is 0 Å². The smallest absolute Gasteiger partial charge is 0.335 e. The molecule has 2 aromatic carbocycles. The first-order chi connectivity index (χ1) is 15.2. The Morgan fingerprint density at radius 3 is 2.41 bits per heavy atom. The van der Waals surface area contributed by atoms with Gasteiger partial charge in [0.1, 0.15) is 17.1 Å². The van der Waals surface area contributed by atoms with Crippen LogP contribution in [0.2, 0.25) is 10.0 Å². The van der Waals surface area contributed by atoms with Crippen molar-refractivity contribution in [2.24, 2.45) is 0 Å². The largest absolute Gasteiger partial charge is 0.478 e. The molecule has 10 heteroatoms. The molecule has 3 aromatic rings. The average Bonchev–Trinajstić information content (AvgIpc) is 3.21. The Bertz CT molecular complexity index is 1310. The highest BCUT2D eigenvalue weighted by molar-refractivity contribution is 6.39. The van der Waals surface area contributed by atoms with Crippen LogP contribution in [-0.2, 0) is 9.59 Å². The highest BCUT2D eigenvalue weighted by atomic mass is 35.5. The minimum atomic E-state index is -1.13. The Balaban J connectivity index is 1.69. The first-order valence-electron chi connectivity index (χ1n) is 9.04. The van der Waals surface area contributed by atoms with Gasteiger partial charge in [0.2, 0.25) is 0 Å². The number of rotatable bonds is 4. The second-order valence-electron chi connectivity index (χ2n) is 6.64. The van der Waals surface area contributed by atoms with E-state index in [1.54, 1.807) is 0 Å². The Morgan fingerprint density at radius 2 is 1.72 bits per heavy atom. The third kappa shape index (κ3) is 4.01. The van der Waals surface area contributed by atoms with Gasteiger partial charge < -0.3 is 9.52 Å². The number of anilines is 1. The number of hydrogen-bond donors (Lipinski definition) is 2. The zero-order valence-electron chi connectivity index (χ0n) is 16.0. The van der Waals surface area contributed by atoms with Crippen LogP contribution in [0.5, 0.6) is 0 Å². The number of hydrogen-bond acceptors (Lipinski definition) is 5. The molecule has 4 rings (SSSR count). The van der Waals surface area contributed by atoms with Crippen LogP contribution < -0.4 is 10.2 Å². The summed E-state index contributed by atoms with van der Waals surface area (Å²) in [5, 5.41) is 12.0. The number of aromatic carboxylic acids is 1. The number of amides is 4. The van der Waals surface area contributed by atoms with Crippen LogP contribution in [0.4, 0.5) is 10.5 Å². The van der Waals surface area contributed by atoms with E-state index >= 15 is 0 Å². The standard InChI is InChI=1S/C22H12Cl2N2O6/c23-12-2-4-13(5-3-12)26-20(28)16(19(27)25-22(26)31)10-14-6-8-18(32-14)15-9-11(21(29)30)1-7-17(15)24/h1-10H,(H,29,30)(H,25,27,31). The van der Waals surface area contributed by atoms with Crippen molar-refractivity contribution in [2.75, 3.05) is 4.90 Å². The Hall–Kier alpha value is -3.88. The van der Waals surface area contributed by atoms with E-state index < -0.39 is 23.8 Å². The maximum atomic E-state index is 12.9. The number of halogens is 2. The SMILES string of the molecule is O=C1NC(=O)N(c2ccc(Cl)cc2)C(=O)C1=Cc1ccc(-c2cc(C(=O)O)ccc2Cl)o1. The van der Waals surface area contributed by atoms with Gasteiger partial charge in [-0.25, -0.2) is 14.5 Å². The summed E-state index contributed by atoms with van der Waals surface area (Å²) in [4.78, 5) is 49.5. The first kappa shape index (κ1) is 21.4. The molecule has 0 bridgehead atoms. The zero-order valence-corrected chi connectivity index (χ0v) is 17.5. The number of barbiturate groups is 1. The molecule has 0 radical (unpaired) electrons. The number of furan rings is 1. The quantitative estimate of drug-likeness (QED) is 0.424. The molecule has 8 nitrogen and oxygen atoms in total. The Labute approximate surface area is 190 Å². The molecule has 1 saturated heterocycles. The van der Waals surface area contributed by atoms with Gasteiger partial charge in [0, 0.05) is 10.6 Å². The number of carbonyl (C=O) groups excluding carboxylic acids is 3. The first-order valence-corrected chi connectivity index (χ1v) is 9.80. The van der Waals surface area contributed by atoms with E-state index in [1.165, 1.54) is 60.7 Å². The van der Waals surface area contributed by atoms with Crippen molar-refractivity contribution in [3.8, 4) is 11.3 Å².